The highest BCUT2D eigenvalue weighted by molar-refractivity contribution is 9.10. The molecule has 0 aliphatic rings. The number of halogens is 4. The third-order valence-electron chi connectivity index (χ3n) is 3.90. The summed E-state index contributed by atoms with van der Waals surface area (Å²) in [5.74, 6) is 0. The summed E-state index contributed by atoms with van der Waals surface area (Å²) in [4.78, 5) is 7.85. The molecule has 0 saturated heterocycles. The summed E-state index contributed by atoms with van der Waals surface area (Å²) in [7, 11) is -3.99. The number of benzene rings is 1. The molecule has 0 spiro atoms. The molecule has 5 nitrogen and oxygen atoms in total. The molecule has 144 valence electrons. The summed E-state index contributed by atoms with van der Waals surface area (Å²) in [6.45, 7) is 0. The third-order valence-corrected chi connectivity index (χ3v) is 6.88. The molecule has 0 aliphatic heterocycles. The normalized spacial score (nSPS) is 12.6. The Balaban J connectivity index is 1.97. The Morgan fingerprint density at radius 2 is 1.86 bits per heavy atom. The van der Waals surface area contributed by atoms with E-state index in [2.05, 4.69) is 25.9 Å². The van der Waals surface area contributed by atoms with E-state index in [0.717, 1.165) is 20.7 Å². The highest BCUT2D eigenvalue weighted by atomic mass is 79.9. The van der Waals surface area contributed by atoms with Gasteiger partial charge in [-0.1, -0.05) is 18.2 Å². The molecular formula is C17H9BrF3N3O2S2. The van der Waals surface area contributed by atoms with Gasteiger partial charge in [0.15, 0.2) is 11.3 Å². The van der Waals surface area contributed by atoms with E-state index < -0.39 is 21.9 Å². The molecular weight excluding hydrogens is 479 g/mol. The van der Waals surface area contributed by atoms with Crippen molar-refractivity contribution in [3.05, 3.63) is 64.3 Å². The van der Waals surface area contributed by atoms with E-state index >= 15 is 0 Å². The Kier molecular flexibility index (Phi) is 4.55. The zero-order valence-electron chi connectivity index (χ0n) is 13.7. The van der Waals surface area contributed by atoms with Gasteiger partial charge in [0.05, 0.1) is 4.90 Å². The number of nitrogens with zero attached hydrogens (tertiary/aromatic N) is 3. The third kappa shape index (κ3) is 3.23. The number of thiazole rings is 1. The molecule has 0 radical (unpaired) electrons. The van der Waals surface area contributed by atoms with E-state index in [1.165, 1.54) is 24.5 Å². The van der Waals surface area contributed by atoms with Crippen LogP contribution in [0.4, 0.5) is 13.2 Å². The highest BCUT2D eigenvalue weighted by Gasteiger charge is 2.34. The van der Waals surface area contributed by atoms with Gasteiger partial charge in [-0.25, -0.2) is 22.4 Å². The van der Waals surface area contributed by atoms with Crippen LogP contribution in [0.15, 0.2) is 63.5 Å². The average Bonchev–Trinajstić information content (AvgIpc) is 3.27. The Bertz CT molecular complexity index is 1280. The fourth-order valence-corrected chi connectivity index (χ4v) is 5.17. The summed E-state index contributed by atoms with van der Waals surface area (Å²) in [5, 5.41) is 1.33. The van der Waals surface area contributed by atoms with Gasteiger partial charge in [-0.05, 0) is 34.1 Å². The van der Waals surface area contributed by atoms with Crippen molar-refractivity contribution in [2.24, 2.45) is 0 Å². The van der Waals surface area contributed by atoms with E-state index in [-0.39, 0.29) is 21.1 Å². The quantitative estimate of drug-likeness (QED) is 0.399. The van der Waals surface area contributed by atoms with Crippen LogP contribution >= 0.6 is 27.3 Å². The van der Waals surface area contributed by atoms with Crippen molar-refractivity contribution in [2.45, 2.75) is 11.1 Å². The van der Waals surface area contributed by atoms with E-state index in [1.807, 2.05) is 0 Å². The lowest BCUT2D eigenvalue weighted by Crippen LogP contribution is -2.12. The molecule has 4 aromatic rings. The zero-order valence-corrected chi connectivity index (χ0v) is 16.9. The molecule has 11 heteroatoms. The lowest BCUT2D eigenvalue weighted by Gasteiger charge is -2.06. The van der Waals surface area contributed by atoms with Crippen LogP contribution in [0.25, 0.3) is 21.6 Å². The number of aromatic nitrogens is 3. The summed E-state index contributed by atoms with van der Waals surface area (Å²) >= 11 is 4.05. The smallest absolute Gasteiger partial charge is 0.236 e. The molecule has 0 N–H and O–H groups in total. The number of hydrogen-bond donors (Lipinski definition) is 0. The molecule has 1 aromatic carbocycles. The summed E-state index contributed by atoms with van der Waals surface area (Å²) < 4.78 is 66.4. The van der Waals surface area contributed by atoms with Crippen molar-refractivity contribution < 1.29 is 21.6 Å². The molecule has 0 saturated carbocycles. The van der Waals surface area contributed by atoms with Crippen LogP contribution in [0.3, 0.4) is 0 Å². The molecule has 0 bridgehead atoms. The number of rotatable bonds is 3. The fraction of sp³-hybridized carbons (Fsp3) is 0.0588. The molecule has 4 rings (SSSR count). The Hall–Kier alpha value is -2.24. The minimum absolute atomic E-state index is 0.0401. The maximum absolute atomic E-state index is 13.1. The van der Waals surface area contributed by atoms with Crippen LogP contribution < -0.4 is 0 Å². The molecule has 0 aliphatic carbocycles. The van der Waals surface area contributed by atoms with Gasteiger partial charge in [-0.2, -0.15) is 13.2 Å². The zero-order chi connectivity index (χ0) is 20.1. The van der Waals surface area contributed by atoms with Gasteiger partial charge >= 0.3 is 6.18 Å². The molecule has 28 heavy (non-hydrogen) atoms. The maximum Gasteiger partial charge on any atom is 0.434 e. The number of pyridine rings is 1. The Morgan fingerprint density at radius 1 is 1.14 bits per heavy atom. The van der Waals surface area contributed by atoms with Crippen molar-refractivity contribution in [1.29, 1.82) is 0 Å². The van der Waals surface area contributed by atoms with Crippen LogP contribution in [-0.2, 0) is 16.2 Å². The van der Waals surface area contributed by atoms with E-state index in [9.17, 15) is 21.6 Å². The van der Waals surface area contributed by atoms with Crippen molar-refractivity contribution in [3.8, 4) is 10.6 Å². The number of fused-ring (bicyclic) bond motifs is 1. The summed E-state index contributed by atoms with van der Waals surface area (Å²) in [5.41, 5.74) is -0.670. The predicted octanol–water partition coefficient (Wildman–Crippen LogP) is 5.18. The second-order valence-corrected chi connectivity index (χ2v) is 9.31. The van der Waals surface area contributed by atoms with Gasteiger partial charge in [0.1, 0.15) is 5.01 Å². The lowest BCUT2D eigenvalue weighted by molar-refractivity contribution is -0.140. The molecule has 0 atom stereocenters. The van der Waals surface area contributed by atoms with Gasteiger partial charge in [0.2, 0.25) is 0 Å². The molecule has 0 fully saturated rings. The second kappa shape index (κ2) is 6.68. The van der Waals surface area contributed by atoms with Gasteiger partial charge in [0, 0.05) is 33.2 Å². The number of hydrogen-bond acceptors (Lipinski definition) is 5. The van der Waals surface area contributed by atoms with Crippen molar-refractivity contribution >= 4 is 48.3 Å². The molecule has 0 amide bonds. The second-order valence-electron chi connectivity index (χ2n) is 5.72. The van der Waals surface area contributed by atoms with Crippen LogP contribution in [0, 0.1) is 0 Å². The molecule has 3 aromatic heterocycles. The summed E-state index contributed by atoms with van der Waals surface area (Å²) in [6, 6.07) is 9.32. The first-order valence-corrected chi connectivity index (χ1v) is 10.8. The van der Waals surface area contributed by atoms with Gasteiger partial charge < -0.3 is 0 Å². The Morgan fingerprint density at radius 3 is 2.50 bits per heavy atom. The van der Waals surface area contributed by atoms with E-state index in [4.69, 9.17) is 0 Å². The molecule has 0 unspecified atom stereocenters. The van der Waals surface area contributed by atoms with E-state index in [0.29, 0.717) is 9.86 Å². The monoisotopic (exact) mass is 487 g/mol. The van der Waals surface area contributed by atoms with Crippen LogP contribution in [-0.4, -0.2) is 22.4 Å². The highest BCUT2D eigenvalue weighted by Crippen LogP contribution is 2.38. The topological polar surface area (TPSA) is 64.8 Å². The van der Waals surface area contributed by atoms with E-state index in [1.54, 1.807) is 24.3 Å². The van der Waals surface area contributed by atoms with Crippen molar-refractivity contribution in [2.75, 3.05) is 0 Å². The SMILES string of the molecule is O=S(=O)(c1ccccc1)n1cc(-c2nc(C(F)(F)F)cs2)c2cc(Br)cnc21. The van der Waals surface area contributed by atoms with Gasteiger partial charge in [-0.3, -0.25) is 0 Å². The van der Waals surface area contributed by atoms with Gasteiger partial charge in [0.25, 0.3) is 10.0 Å². The van der Waals surface area contributed by atoms with Crippen LogP contribution in [0.1, 0.15) is 5.69 Å². The fourth-order valence-electron chi connectivity index (χ4n) is 2.64. The standard InChI is InChI=1S/C17H9BrF3N3O2S2/c18-10-6-12-13(16-23-14(9-27-16)17(19,20)21)8-24(15(12)22-7-10)28(25,26)11-4-2-1-3-5-11/h1-9H. The molecule has 3 heterocycles. The first-order valence-electron chi connectivity index (χ1n) is 7.68. The first kappa shape index (κ1) is 19.1. The first-order chi connectivity index (χ1) is 13.2. The largest absolute Gasteiger partial charge is 0.434 e. The van der Waals surface area contributed by atoms with Crippen LogP contribution in [0.2, 0.25) is 0 Å². The number of alkyl halides is 3. The predicted molar refractivity (Wildman–Crippen MR) is 103 cm³/mol. The van der Waals surface area contributed by atoms with Gasteiger partial charge in [-0.15, -0.1) is 11.3 Å². The minimum atomic E-state index is -4.58. The average molecular weight is 488 g/mol. The van der Waals surface area contributed by atoms with Crippen molar-refractivity contribution in [1.82, 2.24) is 13.9 Å². The maximum atomic E-state index is 13.1. The van der Waals surface area contributed by atoms with Crippen LogP contribution in [0.5, 0.6) is 0 Å². The van der Waals surface area contributed by atoms with Crippen molar-refractivity contribution in [3.63, 3.8) is 0 Å². The lowest BCUT2D eigenvalue weighted by atomic mass is 10.2. The minimum Gasteiger partial charge on any atom is -0.236 e. The Labute approximate surface area is 169 Å². The summed E-state index contributed by atoms with van der Waals surface area (Å²) in [6.07, 6.45) is -1.90.